The van der Waals surface area contributed by atoms with Gasteiger partial charge >= 0.3 is 5.97 Å². The van der Waals surface area contributed by atoms with Crippen LogP contribution < -0.4 is 5.32 Å². The van der Waals surface area contributed by atoms with Crippen LogP contribution in [0.15, 0.2) is 0 Å². The number of rotatable bonds is 3. The number of hydrogen-bond acceptors (Lipinski definition) is 4. The normalized spacial score (nSPS) is 36.3. The van der Waals surface area contributed by atoms with Crippen LogP contribution in [-0.4, -0.2) is 37.4 Å². The predicted octanol–water partition coefficient (Wildman–Crippen LogP) is 1.10. The molecule has 0 aromatic heterocycles. The molecule has 0 amide bonds. The van der Waals surface area contributed by atoms with E-state index in [-0.39, 0.29) is 18.2 Å². The molecule has 0 aliphatic carbocycles. The second-order valence-corrected chi connectivity index (χ2v) is 4.27. The fourth-order valence-corrected chi connectivity index (χ4v) is 2.47. The van der Waals surface area contributed by atoms with E-state index in [0.717, 1.165) is 6.54 Å². The van der Waals surface area contributed by atoms with E-state index in [9.17, 15) is 4.79 Å². The average Bonchev–Trinajstić information content (AvgIpc) is 2.15. The van der Waals surface area contributed by atoms with Gasteiger partial charge in [0.15, 0.2) is 0 Å². The molecular weight excluding hydrogens is 194 g/mol. The number of methoxy groups -OCH3 is 1. The molecule has 0 radical (unpaired) electrons. The Morgan fingerprint density at radius 2 is 2.00 bits per heavy atom. The summed E-state index contributed by atoms with van der Waals surface area (Å²) >= 11 is 0. The Kier molecular flexibility index (Phi) is 4.11. The third-order valence-electron chi connectivity index (χ3n) is 2.83. The SMILES string of the molecule is CCNC1(C(=O)OC)CC(C)OC(C)C1. The van der Waals surface area contributed by atoms with Gasteiger partial charge < -0.3 is 14.8 Å². The second kappa shape index (κ2) is 4.94. The van der Waals surface area contributed by atoms with E-state index in [2.05, 4.69) is 5.32 Å². The Balaban J connectivity index is 2.83. The van der Waals surface area contributed by atoms with E-state index in [4.69, 9.17) is 9.47 Å². The lowest BCUT2D eigenvalue weighted by Crippen LogP contribution is -2.59. The Bertz CT molecular complexity index is 220. The lowest BCUT2D eigenvalue weighted by atomic mass is 9.84. The molecule has 1 fully saturated rings. The van der Waals surface area contributed by atoms with Gasteiger partial charge in [-0.05, 0) is 20.4 Å². The minimum atomic E-state index is -0.555. The first-order chi connectivity index (χ1) is 7.04. The van der Waals surface area contributed by atoms with Crippen LogP contribution in [0.1, 0.15) is 33.6 Å². The number of carbonyl (C=O) groups excluding carboxylic acids is 1. The van der Waals surface area contributed by atoms with Gasteiger partial charge in [0, 0.05) is 12.8 Å². The Hall–Kier alpha value is -0.610. The van der Waals surface area contributed by atoms with Gasteiger partial charge in [0.05, 0.1) is 19.3 Å². The summed E-state index contributed by atoms with van der Waals surface area (Å²) in [4.78, 5) is 11.8. The van der Waals surface area contributed by atoms with Crippen LogP contribution in [0.5, 0.6) is 0 Å². The number of esters is 1. The van der Waals surface area contributed by atoms with E-state index in [1.54, 1.807) is 0 Å². The van der Waals surface area contributed by atoms with Crippen LogP contribution in [-0.2, 0) is 14.3 Å². The molecule has 0 saturated carbocycles. The Morgan fingerprint density at radius 3 is 2.40 bits per heavy atom. The zero-order chi connectivity index (χ0) is 11.5. The van der Waals surface area contributed by atoms with Crippen molar-refractivity contribution >= 4 is 5.97 Å². The van der Waals surface area contributed by atoms with Crippen molar-refractivity contribution in [1.29, 1.82) is 0 Å². The van der Waals surface area contributed by atoms with Gasteiger partial charge in [0.2, 0.25) is 0 Å². The average molecular weight is 215 g/mol. The van der Waals surface area contributed by atoms with Gasteiger partial charge in [-0.3, -0.25) is 4.79 Å². The van der Waals surface area contributed by atoms with Gasteiger partial charge in [-0.1, -0.05) is 6.92 Å². The maximum absolute atomic E-state index is 11.8. The van der Waals surface area contributed by atoms with E-state index in [1.165, 1.54) is 7.11 Å². The molecule has 15 heavy (non-hydrogen) atoms. The van der Waals surface area contributed by atoms with Crippen LogP contribution in [0.3, 0.4) is 0 Å². The van der Waals surface area contributed by atoms with Gasteiger partial charge in [-0.25, -0.2) is 0 Å². The summed E-state index contributed by atoms with van der Waals surface area (Å²) in [6.45, 7) is 6.74. The molecule has 0 aromatic rings. The summed E-state index contributed by atoms with van der Waals surface area (Å²) in [5.74, 6) is -0.175. The van der Waals surface area contributed by atoms with Crippen molar-refractivity contribution in [1.82, 2.24) is 5.32 Å². The highest BCUT2D eigenvalue weighted by Crippen LogP contribution is 2.29. The largest absolute Gasteiger partial charge is 0.468 e. The van der Waals surface area contributed by atoms with Crippen molar-refractivity contribution in [3.05, 3.63) is 0 Å². The summed E-state index contributed by atoms with van der Waals surface area (Å²) in [5.41, 5.74) is -0.555. The van der Waals surface area contributed by atoms with Crippen molar-refractivity contribution in [3.63, 3.8) is 0 Å². The smallest absolute Gasteiger partial charge is 0.326 e. The van der Waals surface area contributed by atoms with Crippen LogP contribution in [0, 0.1) is 0 Å². The zero-order valence-electron chi connectivity index (χ0n) is 10.0. The number of nitrogens with one attached hydrogen (secondary N) is 1. The van der Waals surface area contributed by atoms with E-state index in [1.807, 2.05) is 20.8 Å². The standard InChI is InChI=1S/C11H21NO3/c1-5-12-11(10(13)14-4)6-8(2)15-9(3)7-11/h8-9,12H,5-7H2,1-4H3. The highest BCUT2D eigenvalue weighted by atomic mass is 16.5. The maximum atomic E-state index is 11.8. The predicted molar refractivity (Wildman–Crippen MR) is 57.7 cm³/mol. The summed E-state index contributed by atoms with van der Waals surface area (Å²) in [6.07, 6.45) is 1.54. The number of likely N-dealkylation sites (N-methyl/N-ethyl adjacent to an activating group) is 1. The lowest BCUT2D eigenvalue weighted by molar-refractivity contribution is -0.159. The number of carbonyl (C=O) groups is 1. The first kappa shape index (κ1) is 12.5. The molecule has 1 heterocycles. The first-order valence-electron chi connectivity index (χ1n) is 5.53. The lowest BCUT2D eigenvalue weighted by Gasteiger charge is -2.41. The van der Waals surface area contributed by atoms with Crippen molar-refractivity contribution in [2.24, 2.45) is 0 Å². The fourth-order valence-electron chi connectivity index (χ4n) is 2.47. The molecule has 0 aromatic carbocycles. The minimum absolute atomic E-state index is 0.0897. The van der Waals surface area contributed by atoms with Gasteiger partial charge in [0.1, 0.15) is 5.54 Å². The van der Waals surface area contributed by atoms with Crippen molar-refractivity contribution < 1.29 is 14.3 Å². The summed E-state index contributed by atoms with van der Waals surface area (Å²) in [6, 6.07) is 0. The van der Waals surface area contributed by atoms with E-state index >= 15 is 0 Å². The van der Waals surface area contributed by atoms with E-state index < -0.39 is 5.54 Å². The third kappa shape index (κ3) is 2.69. The molecule has 1 rings (SSSR count). The van der Waals surface area contributed by atoms with Crippen LogP contribution in [0.25, 0.3) is 0 Å². The van der Waals surface area contributed by atoms with Gasteiger partial charge in [-0.15, -0.1) is 0 Å². The molecule has 1 N–H and O–H groups in total. The third-order valence-corrected chi connectivity index (χ3v) is 2.83. The molecule has 1 aliphatic heterocycles. The highest BCUT2D eigenvalue weighted by Gasteiger charge is 2.45. The van der Waals surface area contributed by atoms with Gasteiger partial charge in [-0.2, -0.15) is 0 Å². The molecule has 2 unspecified atom stereocenters. The summed E-state index contributed by atoms with van der Waals surface area (Å²) < 4.78 is 10.5. The quantitative estimate of drug-likeness (QED) is 0.716. The number of hydrogen-bond donors (Lipinski definition) is 1. The molecule has 1 saturated heterocycles. The van der Waals surface area contributed by atoms with Crippen LogP contribution in [0.4, 0.5) is 0 Å². The summed E-state index contributed by atoms with van der Waals surface area (Å²) in [5, 5.41) is 3.25. The molecule has 88 valence electrons. The molecule has 2 atom stereocenters. The summed E-state index contributed by atoms with van der Waals surface area (Å²) in [7, 11) is 1.44. The number of ether oxygens (including phenoxy) is 2. The Labute approximate surface area is 91.3 Å². The molecule has 0 spiro atoms. The maximum Gasteiger partial charge on any atom is 0.326 e. The molecule has 0 bridgehead atoms. The minimum Gasteiger partial charge on any atom is -0.468 e. The second-order valence-electron chi connectivity index (χ2n) is 4.27. The van der Waals surface area contributed by atoms with Crippen molar-refractivity contribution in [2.45, 2.75) is 51.4 Å². The van der Waals surface area contributed by atoms with Crippen molar-refractivity contribution in [2.75, 3.05) is 13.7 Å². The Morgan fingerprint density at radius 1 is 1.47 bits per heavy atom. The molecular formula is C11H21NO3. The zero-order valence-corrected chi connectivity index (χ0v) is 10.0. The molecule has 4 heteroatoms. The van der Waals surface area contributed by atoms with Gasteiger partial charge in [0.25, 0.3) is 0 Å². The fraction of sp³-hybridized carbons (Fsp3) is 0.909. The van der Waals surface area contributed by atoms with Crippen molar-refractivity contribution in [3.8, 4) is 0 Å². The molecule has 4 nitrogen and oxygen atoms in total. The van der Waals surface area contributed by atoms with Crippen LogP contribution in [0.2, 0.25) is 0 Å². The molecule has 1 aliphatic rings. The van der Waals surface area contributed by atoms with E-state index in [0.29, 0.717) is 12.8 Å². The highest BCUT2D eigenvalue weighted by molar-refractivity contribution is 5.81. The first-order valence-corrected chi connectivity index (χ1v) is 5.53. The van der Waals surface area contributed by atoms with Crippen LogP contribution >= 0.6 is 0 Å². The topological polar surface area (TPSA) is 47.6 Å². The monoisotopic (exact) mass is 215 g/mol.